The molecule has 2 aromatic rings. The van der Waals surface area contributed by atoms with Gasteiger partial charge in [0.1, 0.15) is 0 Å². The first kappa shape index (κ1) is 19.7. The number of carbonyl (C=O) groups is 2. The van der Waals surface area contributed by atoms with E-state index in [0.717, 1.165) is 24.6 Å². The van der Waals surface area contributed by atoms with E-state index >= 15 is 0 Å². The Balaban J connectivity index is 1.51. The number of carbonyl (C=O) groups excluding carboxylic acids is 2. The molecule has 0 atom stereocenters. The van der Waals surface area contributed by atoms with Gasteiger partial charge in [0.15, 0.2) is 6.61 Å². The smallest absolute Gasteiger partial charge is 0.422 e. The fourth-order valence-electron chi connectivity index (χ4n) is 2.39. The fourth-order valence-corrected chi connectivity index (χ4v) is 2.39. The molecule has 0 unspecified atom stereocenters. The standard InChI is InChI=1S/C19H18F3N3O3/c20-19(21,22)11-28-16-7-6-14(10-23-16)17(26)24-9-12-2-1-3-15(8-12)25-18(27)13-4-5-13/h1-3,6-8,10,13H,4-5,9,11H2,(H,24,26)(H,25,27). The maximum absolute atomic E-state index is 12.2. The number of rotatable bonds is 7. The van der Waals surface area contributed by atoms with Gasteiger partial charge in [-0.2, -0.15) is 13.2 Å². The quantitative estimate of drug-likeness (QED) is 0.757. The molecule has 3 rings (SSSR count). The number of hydrogen-bond acceptors (Lipinski definition) is 4. The van der Waals surface area contributed by atoms with Gasteiger partial charge in [0.05, 0.1) is 5.56 Å². The first-order valence-electron chi connectivity index (χ1n) is 8.64. The summed E-state index contributed by atoms with van der Waals surface area (Å²) in [7, 11) is 0. The topological polar surface area (TPSA) is 80.3 Å². The number of benzene rings is 1. The molecule has 28 heavy (non-hydrogen) atoms. The highest BCUT2D eigenvalue weighted by Gasteiger charge is 2.29. The second-order valence-electron chi connectivity index (χ2n) is 6.44. The van der Waals surface area contributed by atoms with Gasteiger partial charge in [-0.3, -0.25) is 9.59 Å². The van der Waals surface area contributed by atoms with Crippen LogP contribution < -0.4 is 15.4 Å². The summed E-state index contributed by atoms with van der Waals surface area (Å²) in [5.74, 6) is -0.547. The lowest BCUT2D eigenvalue weighted by molar-refractivity contribution is -0.154. The zero-order valence-corrected chi connectivity index (χ0v) is 14.8. The molecule has 1 aliphatic carbocycles. The predicted molar refractivity (Wildman–Crippen MR) is 94.8 cm³/mol. The summed E-state index contributed by atoms with van der Waals surface area (Å²) in [6, 6.07) is 9.66. The summed E-state index contributed by atoms with van der Waals surface area (Å²) in [6.45, 7) is -1.22. The second kappa shape index (κ2) is 8.28. The molecular weight excluding hydrogens is 375 g/mol. The van der Waals surface area contributed by atoms with E-state index < -0.39 is 18.7 Å². The molecule has 1 aromatic carbocycles. The van der Waals surface area contributed by atoms with Crippen LogP contribution in [0, 0.1) is 5.92 Å². The van der Waals surface area contributed by atoms with Crippen LogP contribution in [0.3, 0.4) is 0 Å². The Morgan fingerprint density at radius 1 is 1.18 bits per heavy atom. The monoisotopic (exact) mass is 393 g/mol. The minimum atomic E-state index is -4.45. The Labute approximate surface area is 159 Å². The molecule has 0 spiro atoms. The van der Waals surface area contributed by atoms with Crippen LogP contribution in [0.5, 0.6) is 5.88 Å². The van der Waals surface area contributed by atoms with E-state index in [0.29, 0.717) is 5.69 Å². The van der Waals surface area contributed by atoms with Crippen molar-refractivity contribution in [3.05, 3.63) is 53.7 Å². The molecule has 148 valence electrons. The molecule has 9 heteroatoms. The maximum atomic E-state index is 12.2. The molecule has 0 aliphatic heterocycles. The summed E-state index contributed by atoms with van der Waals surface area (Å²) >= 11 is 0. The van der Waals surface area contributed by atoms with Crippen LogP contribution in [0.2, 0.25) is 0 Å². The molecule has 0 radical (unpaired) electrons. The molecular formula is C19H18F3N3O3. The zero-order chi connectivity index (χ0) is 20.1. The van der Waals surface area contributed by atoms with Crippen molar-refractivity contribution in [1.82, 2.24) is 10.3 Å². The van der Waals surface area contributed by atoms with Gasteiger partial charge in [0.25, 0.3) is 5.91 Å². The first-order valence-corrected chi connectivity index (χ1v) is 8.64. The number of alkyl halides is 3. The lowest BCUT2D eigenvalue weighted by atomic mass is 10.2. The predicted octanol–water partition coefficient (Wildman–Crippen LogP) is 3.30. The van der Waals surface area contributed by atoms with Gasteiger partial charge >= 0.3 is 6.18 Å². The molecule has 0 bridgehead atoms. The number of nitrogens with one attached hydrogen (secondary N) is 2. The third kappa shape index (κ3) is 5.97. The molecule has 1 fully saturated rings. The van der Waals surface area contributed by atoms with E-state index in [-0.39, 0.29) is 29.8 Å². The number of hydrogen-bond donors (Lipinski definition) is 2. The molecule has 0 saturated heterocycles. The van der Waals surface area contributed by atoms with Crippen molar-refractivity contribution in [2.45, 2.75) is 25.6 Å². The van der Waals surface area contributed by atoms with Crippen molar-refractivity contribution in [1.29, 1.82) is 0 Å². The summed E-state index contributed by atoms with van der Waals surface area (Å²) < 4.78 is 40.8. The van der Waals surface area contributed by atoms with Gasteiger partial charge in [0.2, 0.25) is 11.8 Å². The number of ether oxygens (including phenoxy) is 1. The summed E-state index contributed by atoms with van der Waals surface area (Å²) in [5.41, 5.74) is 1.65. The van der Waals surface area contributed by atoms with Crippen LogP contribution >= 0.6 is 0 Å². The number of halogens is 3. The van der Waals surface area contributed by atoms with Crippen LogP contribution in [-0.4, -0.2) is 29.6 Å². The van der Waals surface area contributed by atoms with Gasteiger partial charge < -0.3 is 15.4 Å². The van der Waals surface area contributed by atoms with Crippen molar-refractivity contribution in [2.24, 2.45) is 5.92 Å². The van der Waals surface area contributed by atoms with E-state index in [4.69, 9.17) is 0 Å². The molecule has 1 heterocycles. The van der Waals surface area contributed by atoms with Crippen LogP contribution in [-0.2, 0) is 11.3 Å². The highest BCUT2D eigenvalue weighted by atomic mass is 19.4. The lowest BCUT2D eigenvalue weighted by Gasteiger charge is -2.10. The highest BCUT2D eigenvalue weighted by molar-refractivity contribution is 5.94. The SMILES string of the molecule is O=C(NCc1cccc(NC(=O)C2CC2)c1)c1ccc(OCC(F)(F)F)nc1. The minimum Gasteiger partial charge on any atom is -0.468 e. The first-order chi connectivity index (χ1) is 13.3. The van der Waals surface area contributed by atoms with Gasteiger partial charge in [-0.15, -0.1) is 0 Å². The average molecular weight is 393 g/mol. The molecule has 1 saturated carbocycles. The summed E-state index contributed by atoms with van der Waals surface area (Å²) in [4.78, 5) is 27.7. The number of aromatic nitrogens is 1. The van der Waals surface area contributed by atoms with Crippen LogP contribution in [0.4, 0.5) is 18.9 Å². The van der Waals surface area contributed by atoms with Gasteiger partial charge in [-0.05, 0) is 36.6 Å². The largest absolute Gasteiger partial charge is 0.468 e. The van der Waals surface area contributed by atoms with Crippen molar-refractivity contribution in [3.8, 4) is 5.88 Å². The van der Waals surface area contributed by atoms with E-state index in [9.17, 15) is 22.8 Å². The number of amides is 2. The number of nitrogens with zero attached hydrogens (tertiary/aromatic N) is 1. The molecule has 2 amide bonds. The van der Waals surface area contributed by atoms with Crippen molar-refractivity contribution in [2.75, 3.05) is 11.9 Å². The maximum Gasteiger partial charge on any atom is 0.422 e. The van der Waals surface area contributed by atoms with Gasteiger partial charge in [-0.1, -0.05) is 12.1 Å². The Kier molecular flexibility index (Phi) is 5.81. The van der Waals surface area contributed by atoms with Crippen molar-refractivity contribution >= 4 is 17.5 Å². The second-order valence-corrected chi connectivity index (χ2v) is 6.44. The van der Waals surface area contributed by atoms with E-state index in [1.165, 1.54) is 12.1 Å². The third-order valence-electron chi connectivity index (χ3n) is 3.98. The number of pyridine rings is 1. The Hall–Kier alpha value is -3.10. The average Bonchev–Trinajstić information content (AvgIpc) is 3.50. The molecule has 1 aromatic heterocycles. The van der Waals surface area contributed by atoms with Crippen LogP contribution in [0.1, 0.15) is 28.8 Å². The fraction of sp³-hybridized carbons (Fsp3) is 0.316. The van der Waals surface area contributed by atoms with Crippen molar-refractivity contribution < 1.29 is 27.5 Å². The molecule has 2 N–H and O–H groups in total. The van der Waals surface area contributed by atoms with Crippen LogP contribution in [0.15, 0.2) is 42.6 Å². The molecule has 6 nitrogen and oxygen atoms in total. The molecule has 1 aliphatic rings. The van der Waals surface area contributed by atoms with E-state index in [1.54, 1.807) is 24.3 Å². The summed E-state index contributed by atoms with van der Waals surface area (Å²) in [6.07, 6.45) is -1.48. The van der Waals surface area contributed by atoms with Crippen LogP contribution in [0.25, 0.3) is 0 Å². The van der Waals surface area contributed by atoms with E-state index in [2.05, 4.69) is 20.4 Å². The van der Waals surface area contributed by atoms with Gasteiger partial charge in [-0.25, -0.2) is 4.98 Å². The Morgan fingerprint density at radius 3 is 2.61 bits per heavy atom. The van der Waals surface area contributed by atoms with E-state index in [1.807, 2.05) is 0 Å². The van der Waals surface area contributed by atoms with Crippen molar-refractivity contribution in [3.63, 3.8) is 0 Å². The Morgan fingerprint density at radius 2 is 1.96 bits per heavy atom. The highest BCUT2D eigenvalue weighted by Crippen LogP contribution is 2.30. The lowest BCUT2D eigenvalue weighted by Crippen LogP contribution is -2.23. The zero-order valence-electron chi connectivity index (χ0n) is 14.8. The Bertz CT molecular complexity index is 849. The minimum absolute atomic E-state index is 0.0000849. The third-order valence-corrected chi connectivity index (χ3v) is 3.98. The normalized spacial score (nSPS) is 13.7. The number of anilines is 1. The summed E-state index contributed by atoms with van der Waals surface area (Å²) in [5, 5.41) is 5.53. The van der Waals surface area contributed by atoms with Gasteiger partial charge in [0, 0.05) is 30.4 Å².